The van der Waals surface area contributed by atoms with E-state index in [-0.39, 0.29) is 28.4 Å². The first-order chi connectivity index (χ1) is 15.1. The Balaban J connectivity index is 1.54. The van der Waals surface area contributed by atoms with Gasteiger partial charge in [-0.2, -0.15) is 0 Å². The van der Waals surface area contributed by atoms with E-state index in [9.17, 15) is 9.60 Å². The van der Waals surface area contributed by atoms with E-state index >= 15 is 0 Å². The Labute approximate surface area is 184 Å². The molecule has 3 aromatic rings. The standard InChI is InChI=1S/C17H20BrFN8O4/c18-13-9-11(1-2-14(13)19)21-17(23-29)15-16(25-31-24-15)20-4-5-27-10-12(22-26-27)3-7-30-8-6-28/h1-2,9-10,28-29H,3-8H2,(H,20,25)(H,21,23). The molecule has 0 fully saturated rings. The average molecular weight is 499 g/mol. The Morgan fingerprint density at radius 1 is 1.32 bits per heavy atom. The van der Waals surface area contributed by atoms with Gasteiger partial charge in [0, 0.05) is 24.8 Å². The summed E-state index contributed by atoms with van der Waals surface area (Å²) in [5.74, 6) is -0.208. The maximum Gasteiger partial charge on any atom is 0.203 e. The van der Waals surface area contributed by atoms with E-state index in [1.807, 2.05) is 0 Å². The van der Waals surface area contributed by atoms with Gasteiger partial charge in [0.25, 0.3) is 0 Å². The fourth-order valence-electron chi connectivity index (χ4n) is 2.50. The third-order valence-electron chi connectivity index (χ3n) is 3.95. The molecule has 0 aliphatic rings. The highest BCUT2D eigenvalue weighted by Gasteiger charge is 2.18. The number of oxime groups is 1. The van der Waals surface area contributed by atoms with Crippen LogP contribution in [0.4, 0.5) is 15.9 Å². The summed E-state index contributed by atoms with van der Waals surface area (Å²) in [5, 5.41) is 42.7. The molecular formula is C17H20BrFN8O4. The maximum absolute atomic E-state index is 13.4. The molecule has 0 bridgehead atoms. The minimum absolute atomic E-state index is 0.0169. The molecule has 3 rings (SSSR count). The summed E-state index contributed by atoms with van der Waals surface area (Å²) >= 11 is 3.09. The highest BCUT2D eigenvalue weighted by atomic mass is 79.9. The lowest BCUT2D eigenvalue weighted by Gasteiger charge is -2.08. The molecule has 0 amide bonds. The second kappa shape index (κ2) is 11.3. The van der Waals surface area contributed by atoms with Gasteiger partial charge in [-0.3, -0.25) is 4.68 Å². The van der Waals surface area contributed by atoms with E-state index in [1.54, 1.807) is 10.9 Å². The number of hydrogen-bond donors (Lipinski definition) is 4. The molecule has 2 heterocycles. The molecule has 166 valence electrons. The average Bonchev–Trinajstić information content (AvgIpc) is 3.42. The molecule has 1 aromatic carbocycles. The van der Waals surface area contributed by atoms with E-state index in [0.29, 0.717) is 38.4 Å². The molecule has 0 saturated carbocycles. The summed E-state index contributed by atoms with van der Waals surface area (Å²) in [6.45, 7) is 1.61. The van der Waals surface area contributed by atoms with Gasteiger partial charge in [-0.25, -0.2) is 9.02 Å². The number of hydrogen-bond acceptors (Lipinski definition) is 10. The van der Waals surface area contributed by atoms with Crippen LogP contribution in [0.15, 0.2) is 38.7 Å². The van der Waals surface area contributed by atoms with Crippen LogP contribution in [-0.4, -0.2) is 67.8 Å². The Hall–Kier alpha value is -3.10. The molecule has 0 saturated heterocycles. The molecule has 0 aliphatic carbocycles. The van der Waals surface area contributed by atoms with Crippen LogP contribution in [0, 0.1) is 5.82 Å². The van der Waals surface area contributed by atoms with Crippen LogP contribution in [0.1, 0.15) is 11.4 Å². The monoisotopic (exact) mass is 498 g/mol. The number of aromatic nitrogens is 5. The molecule has 0 aliphatic heterocycles. The third-order valence-corrected chi connectivity index (χ3v) is 4.56. The molecule has 0 atom stereocenters. The van der Waals surface area contributed by atoms with Crippen LogP contribution in [0.3, 0.4) is 0 Å². The molecular weight excluding hydrogens is 479 g/mol. The maximum atomic E-state index is 13.4. The quantitative estimate of drug-likeness (QED) is 0.100. The van der Waals surface area contributed by atoms with E-state index in [2.05, 4.69) is 52.3 Å². The summed E-state index contributed by atoms with van der Waals surface area (Å²) in [5.41, 5.74) is 1.38. The van der Waals surface area contributed by atoms with Gasteiger partial charge in [0.15, 0.2) is 5.69 Å². The van der Waals surface area contributed by atoms with Gasteiger partial charge in [0.05, 0.1) is 36.5 Å². The van der Waals surface area contributed by atoms with Crippen molar-refractivity contribution in [3.63, 3.8) is 0 Å². The fraction of sp³-hybridized carbons (Fsp3) is 0.353. The molecule has 4 N–H and O–H groups in total. The smallest absolute Gasteiger partial charge is 0.203 e. The van der Waals surface area contributed by atoms with Crippen molar-refractivity contribution in [3.05, 3.63) is 46.1 Å². The SMILES string of the molecule is OCCOCCc1cn(CCNc2nonc2C(=NO)Nc2ccc(F)c(Br)c2)nn1. The molecule has 2 aromatic heterocycles. The first kappa shape index (κ1) is 22.6. The summed E-state index contributed by atoms with van der Waals surface area (Å²) in [7, 11) is 0. The number of nitrogens with zero attached hydrogens (tertiary/aromatic N) is 6. The van der Waals surface area contributed by atoms with Gasteiger partial charge < -0.3 is 25.7 Å². The molecule has 0 spiro atoms. The van der Waals surface area contributed by atoms with Crippen LogP contribution in [-0.2, 0) is 17.7 Å². The van der Waals surface area contributed by atoms with Gasteiger partial charge in [-0.05, 0) is 44.4 Å². The number of amidine groups is 1. The number of halogens is 2. The summed E-state index contributed by atoms with van der Waals surface area (Å²) in [6.07, 6.45) is 2.38. The lowest BCUT2D eigenvalue weighted by atomic mass is 10.3. The number of rotatable bonds is 11. The van der Waals surface area contributed by atoms with Crippen molar-refractivity contribution in [1.29, 1.82) is 0 Å². The van der Waals surface area contributed by atoms with Crippen molar-refractivity contribution < 1.29 is 24.1 Å². The van der Waals surface area contributed by atoms with Gasteiger partial charge >= 0.3 is 0 Å². The van der Waals surface area contributed by atoms with Crippen LogP contribution in [0.2, 0.25) is 0 Å². The van der Waals surface area contributed by atoms with E-state index < -0.39 is 5.82 Å². The predicted molar refractivity (Wildman–Crippen MR) is 110 cm³/mol. The van der Waals surface area contributed by atoms with E-state index in [4.69, 9.17) is 14.5 Å². The van der Waals surface area contributed by atoms with Crippen LogP contribution in [0.5, 0.6) is 0 Å². The zero-order valence-electron chi connectivity index (χ0n) is 16.2. The summed E-state index contributed by atoms with van der Waals surface area (Å²) < 4.78 is 25.3. The second-order valence-electron chi connectivity index (χ2n) is 6.15. The Bertz CT molecular complexity index is 1010. The first-order valence-electron chi connectivity index (χ1n) is 9.19. The molecule has 0 unspecified atom stereocenters. The number of anilines is 2. The number of nitrogens with one attached hydrogen (secondary N) is 2. The minimum Gasteiger partial charge on any atom is -0.409 e. The third kappa shape index (κ3) is 6.44. The van der Waals surface area contributed by atoms with Gasteiger partial charge in [-0.1, -0.05) is 10.4 Å². The second-order valence-corrected chi connectivity index (χ2v) is 7.00. The zero-order valence-corrected chi connectivity index (χ0v) is 17.8. The molecule has 14 heteroatoms. The van der Waals surface area contributed by atoms with Crippen LogP contribution in [0.25, 0.3) is 0 Å². The highest BCUT2D eigenvalue weighted by Crippen LogP contribution is 2.21. The highest BCUT2D eigenvalue weighted by molar-refractivity contribution is 9.10. The predicted octanol–water partition coefficient (Wildman–Crippen LogP) is 1.47. The number of benzene rings is 1. The molecule has 31 heavy (non-hydrogen) atoms. The van der Waals surface area contributed by atoms with Crippen LogP contribution < -0.4 is 10.6 Å². The topological polar surface area (TPSA) is 156 Å². The summed E-state index contributed by atoms with van der Waals surface area (Å²) in [4.78, 5) is 0. The Morgan fingerprint density at radius 3 is 2.97 bits per heavy atom. The Morgan fingerprint density at radius 2 is 2.19 bits per heavy atom. The van der Waals surface area contributed by atoms with Crippen molar-refractivity contribution in [1.82, 2.24) is 25.3 Å². The lowest BCUT2D eigenvalue weighted by Crippen LogP contribution is -2.18. The first-order valence-corrected chi connectivity index (χ1v) is 9.98. The van der Waals surface area contributed by atoms with Gasteiger partial charge in [-0.15, -0.1) is 5.10 Å². The minimum atomic E-state index is -0.424. The molecule has 0 radical (unpaired) electrons. The van der Waals surface area contributed by atoms with E-state index in [1.165, 1.54) is 18.2 Å². The van der Waals surface area contributed by atoms with Crippen molar-refractivity contribution in [2.75, 3.05) is 37.0 Å². The van der Waals surface area contributed by atoms with Gasteiger partial charge in [0.2, 0.25) is 11.7 Å². The lowest BCUT2D eigenvalue weighted by molar-refractivity contribution is 0.0940. The fourth-order valence-corrected chi connectivity index (χ4v) is 2.88. The van der Waals surface area contributed by atoms with E-state index in [0.717, 1.165) is 5.69 Å². The van der Waals surface area contributed by atoms with Crippen molar-refractivity contribution >= 4 is 33.3 Å². The molecule has 12 nitrogen and oxygen atoms in total. The Kier molecular flexibility index (Phi) is 8.26. The normalized spacial score (nSPS) is 11.6. The summed E-state index contributed by atoms with van der Waals surface area (Å²) in [6, 6.07) is 4.22. The number of ether oxygens (including phenoxy) is 1. The van der Waals surface area contributed by atoms with Crippen LogP contribution >= 0.6 is 15.9 Å². The number of aliphatic hydroxyl groups is 1. The van der Waals surface area contributed by atoms with Crippen molar-refractivity contribution in [2.45, 2.75) is 13.0 Å². The number of aliphatic hydroxyl groups excluding tert-OH is 1. The largest absolute Gasteiger partial charge is 0.409 e. The zero-order chi connectivity index (χ0) is 22.1. The van der Waals surface area contributed by atoms with Gasteiger partial charge in [0.1, 0.15) is 5.82 Å². The van der Waals surface area contributed by atoms with Crippen molar-refractivity contribution in [3.8, 4) is 0 Å². The van der Waals surface area contributed by atoms with Crippen molar-refractivity contribution in [2.24, 2.45) is 5.16 Å².